The molecule has 0 unspecified atom stereocenters. The lowest BCUT2D eigenvalue weighted by atomic mass is 10.2. The zero-order chi connectivity index (χ0) is 14.6. The highest BCUT2D eigenvalue weighted by Crippen LogP contribution is 2.15. The normalized spacial score (nSPS) is 11.1. The van der Waals surface area contributed by atoms with E-state index in [-0.39, 0.29) is 0 Å². The van der Waals surface area contributed by atoms with Crippen LogP contribution in [0.25, 0.3) is 0 Å². The fourth-order valence-electron chi connectivity index (χ4n) is 1.17. The Labute approximate surface area is 108 Å². The number of carboxylic acids is 1. The number of amides is 1. The predicted molar refractivity (Wildman–Crippen MR) is 62.6 cm³/mol. The molecule has 7 nitrogen and oxygen atoms in total. The molecule has 9 heteroatoms. The summed E-state index contributed by atoms with van der Waals surface area (Å²) in [6.07, 6.45) is 0. The first-order valence-corrected chi connectivity index (χ1v) is 6.49. The van der Waals surface area contributed by atoms with Gasteiger partial charge in [0.25, 0.3) is 0 Å². The standard InChI is InChI=1S/C10H11FN2O5S/c1-12-9(14)5-13-19(17,18)6-2-3-8(11)7(4-6)10(15)16/h2-4,13H,5H2,1H3,(H,12,14)(H,15,16). The van der Waals surface area contributed by atoms with Crippen molar-refractivity contribution < 1.29 is 27.5 Å². The van der Waals surface area contributed by atoms with Crippen LogP contribution >= 0.6 is 0 Å². The van der Waals surface area contributed by atoms with Crippen molar-refractivity contribution in [2.24, 2.45) is 0 Å². The van der Waals surface area contributed by atoms with E-state index in [1.807, 2.05) is 4.72 Å². The lowest BCUT2D eigenvalue weighted by molar-refractivity contribution is -0.119. The second kappa shape index (κ2) is 5.76. The molecule has 0 aromatic heterocycles. The van der Waals surface area contributed by atoms with Gasteiger partial charge in [0, 0.05) is 7.05 Å². The van der Waals surface area contributed by atoms with Crippen LogP contribution in [0.3, 0.4) is 0 Å². The molecule has 1 aromatic rings. The van der Waals surface area contributed by atoms with Crippen LogP contribution in [0.2, 0.25) is 0 Å². The summed E-state index contributed by atoms with van der Waals surface area (Å²) in [5, 5.41) is 10.9. The van der Waals surface area contributed by atoms with Gasteiger partial charge in [-0.3, -0.25) is 4.79 Å². The number of carbonyl (C=O) groups is 2. The molecule has 0 radical (unpaired) electrons. The number of carboxylic acid groups (broad SMARTS) is 1. The maximum Gasteiger partial charge on any atom is 0.338 e. The Morgan fingerprint density at radius 2 is 2.00 bits per heavy atom. The molecule has 0 saturated carbocycles. The minimum atomic E-state index is -4.08. The molecule has 0 fully saturated rings. The third kappa shape index (κ3) is 3.73. The van der Waals surface area contributed by atoms with Gasteiger partial charge >= 0.3 is 5.97 Å². The summed E-state index contributed by atoms with van der Waals surface area (Å²) < 4.78 is 38.5. The number of carbonyl (C=O) groups excluding carboxylic acids is 1. The van der Waals surface area contributed by atoms with Gasteiger partial charge in [-0.25, -0.2) is 22.3 Å². The van der Waals surface area contributed by atoms with Gasteiger partial charge in [0.1, 0.15) is 5.82 Å². The molecular formula is C10H11FN2O5S. The maximum atomic E-state index is 13.1. The molecule has 0 bridgehead atoms. The summed E-state index contributed by atoms with van der Waals surface area (Å²) >= 11 is 0. The predicted octanol–water partition coefficient (Wildman–Crippen LogP) is -0.452. The molecule has 0 saturated heterocycles. The summed E-state index contributed by atoms with van der Waals surface area (Å²) in [7, 11) is -2.75. The van der Waals surface area contributed by atoms with Gasteiger partial charge in [0.15, 0.2) is 0 Å². The van der Waals surface area contributed by atoms with Crippen LogP contribution in [-0.2, 0) is 14.8 Å². The molecule has 0 heterocycles. The lowest BCUT2D eigenvalue weighted by Gasteiger charge is -2.07. The van der Waals surface area contributed by atoms with E-state index in [2.05, 4.69) is 5.32 Å². The van der Waals surface area contributed by atoms with E-state index in [0.717, 1.165) is 12.1 Å². The van der Waals surface area contributed by atoms with Crippen molar-refractivity contribution in [2.45, 2.75) is 4.90 Å². The maximum absolute atomic E-state index is 13.1. The Bertz CT molecular complexity index is 614. The van der Waals surface area contributed by atoms with Crippen molar-refractivity contribution in [1.82, 2.24) is 10.0 Å². The zero-order valence-corrected chi connectivity index (χ0v) is 10.6. The molecule has 3 N–H and O–H groups in total. The van der Waals surface area contributed by atoms with Crippen molar-refractivity contribution >= 4 is 21.9 Å². The van der Waals surface area contributed by atoms with Crippen molar-refractivity contribution in [2.75, 3.05) is 13.6 Å². The number of aromatic carboxylic acids is 1. The SMILES string of the molecule is CNC(=O)CNS(=O)(=O)c1ccc(F)c(C(=O)O)c1. The van der Waals surface area contributed by atoms with Gasteiger partial charge in [0.05, 0.1) is 17.0 Å². The van der Waals surface area contributed by atoms with E-state index in [1.54, 1.807) is 0 Å². The Hall–Kier alpha value is -2.00. The third-order valence-corrected chi connectivity index (χ3v) is 3.58. The Morgan fingerprint density at radius 3 is 2.53 bits per heavy atom. The number of halogens is 1. The highest BCUT2D eigenvalue weighted by molar-refractivity contribution is 7.89. The van der Waals surface area contributed by atoms with Crippen LogP contribution < -0.4 is 10.0 Å². The Kier molecular flexibility index (Phi) is 4.57. The molecule has 1 rings (SSSR count). The summed E-state index contributed by atoms with van der Waals surface area (Å²) in [4.78, 5) is 21.2. The van der Waals surface area contributed by atoms with Gasteiger partial charge in [-0.05, 0) is 18.2 Å². The van der Waals surface area contributed by atoms with Crippen molar-refractivity contribution in [3.8, 4) is 0 Å². The summed E-state index contributed by atoms with van der Waals surface area (Å²) in [6.45, 7) is -0.501. The molecule has 0 spiro atoms. The number of rotatable bonds is 5. The monoisotopic (exact) mass is 290 g/mol. The first-order valence-electron chi connectivity index (χ1n) is 5.01. The van der Waals surface area contributed by atoms with Gasteiger partial charge in [-0.1, -0.05) is 0 Å². The highest BCUT2D eigenvalue weighted by Gasteiger charge is 2.19. The molecule has 0 aliphatic heterocycles. The number of sulfonamides is 1. The van der Waals surface area contributed by atoms with Crippen LogP contribution in [-0.4, -0.2) is 39.0 Å². The average molecular weight is 290 g/mol. The van der Waals surface area contributed by atoms with E-state index in [0.29, 0.717) is 6.07 Å². The number of likely N-dealkylation sites (N-methyl/N-ethyl adjacent to an activating group) is 1. The highest BCUT2D eigenvalue weighted by atomic mass is 32.2. The first-order chi connectivity index (χ1) is 8.77. The third-order valence-electron chi connectivity index (χ3n) is 2.18. The Balaban J connectivity index is 3.05. The quantitative estimate of drug-likeness (QED) is 0.679. The largest absolute Gasteiger partial charge is 0.478 e. The van der Waals surface area contributed by atoms with Crippen LogP contribution in [0, 0.1) is 5.82 Å². The molecule has 0 aliphatic carbocycles. The van der Waals surface area contributed by atoms with Gasteiger partial charge in [-0.15, -0.1) is 0 Å². The molecule has 0 aliphatic rings. The number of hydrogen-bond acceptors (Lipinski definition) is 4. The minimum absolute atomic E-state index is 0.435. The van der Waals surface area contributed by atoms with E-state index in [9.17, 15) is 22.4 Å². The van der Waals surface area contributed by atoms with Crippen LogP contribution in [0.15, 0.2) is 23.1 Å². The van der Waals surface area contributed by atoms with E-state index >= 15 is 0 Å². The molecular weight excluding hydrogens is 279 g/mol. The fourth-order valence-corrected chi connectivity index (χ4v) is 2.18. The molecule has 1 amide bonds. The summed E-state index contributed by atoms with van der Waals surface area (Å²) in [5.41, 5.74) is -0.761. The number of benzene rings is 1. The molecule has 1 aromatic carbocycles. The minimum Gasteiger partial charge on any atom is -0.478 e. The van der Waals surface area contributed by atoms with Gasteiger partial charge in [-0.2, -0.15) is 0 Å². The van der Waals surface area contributed by atoms with Crippen LogP contribution in [0.4, 0.5) is 4.39 Å². The zero-order valence-electron chi connectivity index (χ0n) is 9.81. The van der Waals surface area contributed by atoms with Crippen molar-refractivity contribution in [3.63, 3.8) is 0 Å². The van der Waals surface area contributed by atoms with E-state index < -0.39 is 44.7 Å². The fraction of sp³-hybridized carbons (Fsp3) is 0.200. The first kappa shape index (κ1) is 15.1. The second-order valence-corrected chi connectivity index (χ2v) is 5.21. The average Bonchev–Trinajstić information content (AvgIpc) is 2.35. The number of nitrogens with one attached hydrogen (secondary N) is 2. The van der Waals surface area contributed by atoms with E-state index in [4.69, 9.17) is 5.11 Å². The molecule has 0 atom stereocenters. The Morgan fingerprint density at radius 1 is 1.37 bits per heavy atom. The van der Waals surface area contributed by atoms with Crippen molar-refractivity contribution in [3.05, 3.63) is 29.6 Å². The number of hydrogen-bond donors (Lipinski definition) is 3. The second-order valence-electron chi connectivity index (χ2n) is 3.44. The summed E-state index contributed by atoms with van der Waals surface area (Å²) in [5.74, 6) is -3.19. The smallest absolute Gasteiger partial charge is 0.338 e. The van der Waals surface area contributed by atoms with Crippen molar-refractivity contribution in [1.29, 1.82) is 0 Å². The molecule has 19 heavy (non-hydrogen) atoms. The van der Waals surface area contributed by atoms with Crippen LogP contribution in [0.1, 0.15) is 10.4 Å². The van der Waals surface area contributed by atoms with E-state index in [1.165, 1.54) is 7.05 Å². The summed E-state index contributed by atoms with van der Waals surface area (Å²) in [6, 6.07) is 2.33. The van der Waals surface area contributed by atoms with Gasteiger partial charge < -0.3 is 10.4 Å². The molecule has 104 valence electrons. The lowest BCUT2D eigenvalue weighted by Crippen LogP contribution is -2.35. The van der Waals surface area contributed by atoms with Gasteiger partial charge in [0.2, 0.25) is 15.9 Å². The van der Waals surface area contributed by atoms with Crippen LogP contribution in [0.5, 0.6) is 0 Å². The topological polar surface area (TPSA) is 113 Å².